The number of fused-ring (bicyclic) bond motifs is 3. The molecule has 0 radical (unpaired) electrons. The Bertz CT molecular complexity index is 777. The number of piperidine rings is 1. The molecule has 0 bridgehead atoms. The van der Waals surface area contributed by atoms with Gasteiger partial charge in [0.2, 0.25) is 0 Å². The van der Waals surface area contributed by atoms with Crippen LogP contribution in [0, 0.1) is 5.92 Å². The number of hydrogen-bond acceptors (Lipinski definition) is 1. The number of para-hydroxylation sites is 2. The number of benzene rings is 2. The number of aliphatic hydroxyl groups is 1. The second-order valence-corrected chi connectivity index (χ2v) is 7.44. The van der Waals surface area contributed by atoms with Crippen LogP contribution in [0.3, 0.4) is 0 Å². The molecular weight excluding hydrogens is 296 g/mol. The van der Waals surface area contributed by atoms with E-state index in [1.807, 2.05) is 0 Å². The zero-order chi connectivity index (χ0) is 16.5. The third-order valence-corrected chi connectivity index (χ3v) is 5.58. The van der Waals surface area contributed by atoms with Crippen LogP contribution in [0.5, 0.6) is 0 Å². The molecule has 0 saturated carbocycles. The lowest BCUT2D eigenvalue weighted by Crippen LogP contribution is -3.14. The number of quaternary nitrogens is 1. The minimum atomic E-state index is -0.299. The number of nitrogens with one attached hydrogen (secondary N) is 1. The van der Waals surface area contributed by atoms with Gasteiger partial charge in [0.05, 0.1) is 19.6 Å². The van der Waals surface area contributed by atoms with Gasteiger partial charge in [-0.3, -0.25) is 0 Å². The Morgan fingerprint density at radius 1 is 1.00 bits per heavy atom. The summed E-state index contributed by atoms with van der Waals surface area (Å²) in [6.45, 7) is 6.27. The van der Waals surface area contributed by atoms with Crippen molar-refractivity contribution in [1.82, 2.24) is 4.57 Å². The van der Waals surface area contributed by atoms with E-state index >= 15 is 0 Å². The van der Waals surface area contributed by atoms with Crippen molar-refractivity contribution in [3.63, 3.8) is 0 Å². The van der Waals surface area contributed by atoms with E-state index in [-0.39, 0.29) is 6.10 Å². The summed E-state index contributed by atoms with van der Waals surface area (Å²) in [5.74, 6) is 0.850. The predicted molar refractivity (Wildman–Crippen MR) is 99.4 cm³/mol. The molecule has 24 heavy (non-hydrogen) atoms. The number of likely N-dealkylation sites (tertiary alicyclic amines) is 1. The highest BCUT2D eigenvalue weighted by molar-refractivity contribution is 6.07. The van der Waals surface area contributed by atoms with Gasteiger partial charge in [-0.1, -0.05) is 43.3 Å². The van der Waals surface area contributed by atoms with Gasteiger partial charge >= 0.3 is 0 Å². The molecule has 1 saturated heterocycles. The van der Waals surface area contributed by atoms with Crippen LogP contribution < -0.4 is 4.90 Å². The molecule has 3 nitrogen and oxygen atoms in total. The maximum atomic E-state index is 10.7. The van der Waals surface area contributed by atoms with E-state index in [4.69, 9.17) is 0 Å². The zero-order valence-corrected chi connectivity index (χ0v) is 14.4. The van der Waals surface area contributed by atoms with Gasteiger partial charge in [-0.15, -0.1) is 0 Å². The van der Waals surface area contributed by atoms with Crippen molar-refractivity contribution in [2.75, 3.05) is 19.6 Å². The van der Waals surface area contributed by atoms with Crippen LogP contribution in [-0.2, 0) is 6.54 Å². The molecule has 1 aliphatic rings. The van der Waals surface area contributed by atoms with E-state index in [1.165, 1.54) is 47.7 Å². The molecule has 0 spiro atoms. The van der Waals surface area contributed by atoms with Gasteiger partial charge in [0.15, 0.2) is 0 Å². The summed E-state index contributed by atoms with van der Waals surface area (Å²) < 4.78 is 2.29. The highest BCUT2D eigenvalue weighted by atomic mass is 16.3. The molecule has 3 aromatic rings. The van der Waals surface area contributed by atoms with E-state index in [1.54, 1.807) is 4.90 Å². The molecule has 3 heteroatoms. The first-order valence-corrected chi connectivity index (χ1v) is 9.20. The number of nitrogens with zero attached hydrogens (tertiary/aromatic N) is 1. The number of rotatable bonds is 4. The van der Waals surface area contributed by atoms with E-state index in [0.29, 0.717) is 6.54 Å². The molecule has 1 aliphatic heterocycles. The van der Waals surface area contributed by atoms with Crippen LogP contribution >= 0.6 is 0 Å². The van der Waals surface area contributed by atoms with Crippen molar-refractivity contribution in [3.8, 4) is 0 Å². The Hall–Kier alpha value is -1.84. The van der Waals surface area contributed by atoms with Crippen LogP contribution in [0.15, 0.2) is 48.5 Å². The van der Waals surface area contributed by atoms with Gasteiger partial charge in [0.25, 0.3) is 0 Å². The molecule has 1 atom stereocenters. The Morgan fingerprint density at radius 2 is 1.54 bits per heavy atom. The lowest BCUT2D eigenvalue weighted by atomic mass is 9.99. The van der Waals surface area contributed by atoms with Gasteiger partial charge in [-0.25, -0.2) is 0 Å². The average molecular weight is 323 g/mol. The molecule has 4 rings (SSSR count). The molecule has 1 fully saturated rings. The van der Waals surface area contributed by atoms with Gasteiger partial charge in [0.1, 0.15) is 12.6 Å². The maximum absolute atomic E-state index is 10.7. The van der Waals surface area contributed by atoms with Crippen LogP contribution in [0.1, 0.15) is 19.8 Å². The van der Waals surface area contributed by atoms with Crippen molar-refractivity contribution in [2.45, 2.75) is 32.4 Å². The summed E-state index contributed by atoms with van der Waals surface area (Å²) in [7, 11) is 0. The lowest BCUT2D eigenvalue weighted by Gasteiger charge is -2.29. The molecule has 0 aliphatic carbocycles. The number of aliphatic hydroxyl groups excluding tert-OH is 1. The van der Waals surface area contributed by atoms with Crippen LogP contribution in [-0.4, -0.2) is 35.4 Å². The minimum Gasteiger partial charge on any atom is -0.385 e. The van der Waals surface area contributed by atoms with Gasteiger partial charge in [-0.2, -0.15) is 0 Å². The van der Waals surface area contributed by atoms with Crippen LogP contribution in [0.4, 0.5) is 0 Å². The summed E-state index contributed by atoms with van der Waals surface area (Å²) in [6.07, 6.45) is 2.28. The first kappa shape index (κ1) is 15.7. The largest absolute Gasteiger partial charge is 0.385 e. The monoisotopic (exact) mass is 323 g/mol. The Labute approximate surface area is 143 Å². The second-order valence-electron chi connectivity index (χ2n) is 7.44. The van der Waals surface area contributed by atoms with Crippen molar-refractivity contribution in [2.24, 2.45) is 5.92 Å². The standard InChI is InChI=1S/C21H26N2O/c1-16-10-12-22(13-11-16)14-17(24)15-23-20-8-4-2-6-18(20)19-7-3-5-9-21(19)23/h2-9,16-17,24H,10-15H2,1H3/p+1. The fraction of sp³-hybridized carbons (Fsp3) is 0.429. The molecule has 0 amide bonds. The molecule has 2 aromatic carbocycles. The summed E-state index contributed by atoms with van der Waals surface area (Å²) in [6, 6.07) is 17.0. The first-order valence-electron chi connectivity index (χ1n) is 9.20. The van der Waals surface area contributed by atoms with Gasteiger partial charge in [0, 0.05) is 21.8 Å². The predicted octanol–water partition coefficient (Wildman–Crippen LogP) is 2.47. The van der Waals surface area contributed by atoms with E-state index in [0.717, 1.165) is 12.5 Å². The highest BCUT2D eigenvalue weighted by Gasteiger charge is 2.22. The van der Waals surface area contributed by atoms with E-state index < -0.39 is 0 Å². The summed E-state index contributed by atoms with van der Waals surface area (Å²) in [4.78, 5) is 1.56. The molecule has 2 N–H and O–H groups in total. The van der Waals surface area contributed by atoms with Gasteiger partial charge in [-0.05, 0) is 30.9 Å². The normalized spacial score (nSPS) is 22.9. The molecule has 1 aromatic heterocycles. The molecule has 1 unspecified atom stereocenters. The quantitative estimate of drug-likeness (QED) is 0.759. The first-order chi connectivity index (χ1) is 11.7. The fourth-order valence-electron chi connectivity index (χ4n) is 4.18. The number of aromatic nitrogens is 1. The van der Waals surface area contributed by atoms with Crippen molar-refractivity contribution in [1.29, 1.82) is 0 Å². The molecular formula is C21H27N2O+. The molecule has 2 heterocycles. The Morgan fingerprint density at radius 3 is 2.12 bits per heavy atom. The van der Waals surface area contributed by atoms with E-state index in [9.17, 15) is 5.11 Å². The zero-order valence-electron chi connectivity index (χ0n) is 14.4. The van der Waals surface area contributed by atoms with E-state index in [2.05, 4.69) is 60.0 Å². The van der Waals surface area contributed by atoms with Crippen LogP contribution in [0.25, 0.3) is 21.8 Å². The summed E-state index contributed by atoms with van der Waals surface area (Å²) >= 11 is 0. The summed E-state index contributed by atoms with van der Waals surface area (Å²) in [5, 5.41) is 13.3. The minimum absolute atomic E-state index is 0.299. The topological polar surface area (TPSA) is 29.6 Å². The van der Waals surface area contributed by atoms with Crippen molar-refractivity contribution >= 4 is 21.8 Å². The van der Waals surface area contributed by atoms with Crippen molar-refractivity contribution in [3.05, 3.63) is 48.5 Å². The number of hydrogen-bond donors (Lipinski definition) is 2. The fourth-order valence-corrected chi connectivity index (χ4v) is 4.18. The van der Waals surface area contributed by atoms with Crippen LogP contribution in [0.2, 0.25) is 0 Å². The highest BCUT2D eigenvalue weighted by Crippen LogP contribution is 2.28. The third kappa shape index (κ3) is 2.94. The molecule has 126 valence electrons. The Kier molecular flexibility index (Phi) is 4.30. The maximum Gasteiger partial charge on any atom is 0.121 e. The lowest BCUT2D eigenvalue weighted by molar-refractivity contribution is -0.909. The third-order valence-electron chi connectivity index (χ3n) is 5.58. The Balaban J connectivity index is 1.59. The average Bonchev–Trinajstić information content (AvgIpc) is 2.92. The summed E-state index contributed by atoms with van der Waals surface area (Å²) in [5.41, 5.74) is 2.44. The SMILES string of the molecule is CC1CC[NH+](CC(O)Cn2c3ccccc3c3ccccc32)CC1. The van der Waals surface area contributed by atoms with Crippen molar-refractivity contribution < 1.29 is 10.0 Å². The smallest absolute Gasteiger partial charge is 0.121 e. The second kappa shape index (κ2) is 6.58. The van der Waals surface area contributed by atoms with Gasteiger partial charge < -0.3 is 14.6 Å².